The zero-order valence-corrected chi connectivity index (χ0v) is 11.9. The fourth-order valence-electron chi connectivity index (χ4n) is 2.97. The standard InChI is InChI=1S/C17H16N2O2/c1-11-6-7-15-13(10-11)16(17(20)21-9-8-18)12-4-2-3-5-14(12)19-15/h2-5,11H,6-7,9-10H2,1H3. The SMILES string of the molecule is CC1CCc2nc3ccccc3c(C(=O)OCC#N)c2C1. The number of pyridine rings is 1. The second-order valence-electron chi connectivity index (χ2n) is 5.51. The number of aromatic nitrogens is 1. The van der Waals surface area contributed by atoms with Gasteiger partial charge in [-0.2, -0.15) is 5.26 Å². The third-order valence-corrected chi connectivity index (χ3v) is 3.98. The number of carbonyl (C=O) groups is 1. The molecule has 1 aliphatic carbocycles. The van der Waals surface area contributed by atoms with E-state index in [0.29, 0.717) is 11.5 Å². The molecule has 0 bridgehead atoms. The van der Waals surface area contributed by atoms with Gasteiger partial charge in [-0.05, 0) is 36.8 Å². The van der Waals surface area contributed by atoms with Crippen molar-refractivity contribution in [3.63, 3.8) is 0 Å². The average molecular weight is 280 g/mol. The van der Waals surface area contributed by atoms with Gasteiger partial charge in [0.2, 0.25) is 0 Å². The summed E-state index contributed by atoms with van der Waals surface area (Å²) in [7, 11) is 0. The number of nitrogens with zero attached hydrogens (tertiary/aromatic N) is 2. The van der Waals surface area contributed by atoms with Gasteiger partial charge in [-0.15, -0.1) is 0 Å². The first-order chi connectivity index (χ1) is 10.2. The second kappa shape index (κ2) is 5.53. The van der Waals surface area contributed by atoms with Gasteiger partial charge in [0.05, 0.1) is 11.1 Å². The normalized spacial score (nSPS) is 17.0. The van der Waals surface area contributed by atoms with Crippen molar-refractivity contribution in [2.45, 2.75) is 26.2 Å². The monoisotopic (exact) mass is 280 g/mol. The summed E-state index contributed by atoms with van der Waals surface area (Å²) in [5, 5.41) is 9.43. The number of benzene rings is 1. The van der Waals surface area contributed by atoms with Crippen molar-refractivity contribution in [1.82, 2.24) is 4.98 Å². The summed E-state index contributed by atoms with van der Waals surface area (Å²) < 4.78 is 5.06. The first-order valence-electron chi connectivity index (χ1n) is 7.15. The van der Waals surface area contributed by atoms with E-state index in [2.05, 4.69) is 6.92 Å². The van der Waals surface area contributed by atoms with Gasteiger partial charge in [-0.1, -0.05) is 25.1 Å². The molecular formula is C17H16N2O2. The molecule has 3 rings (SSSR count). The van der Waals surface area contributed by atoms with Crippen molar-refractivity contribution in [1.29, 1.82) is 5.26 Å². The summed E-state index contributed by atoms with van der Waals surface area (Å²) in [4.78, 5) is 17.1. The number of esters is 1. The van der Waals surface area contributed by atoms with E-state index in [0.717, 1.165) is 41.4 Å². The van der Waals surface area contributed by atoms with Crippen LogP contribution in [0.3, 0.4) is 0 Å². The number of carbonyl (C=O) groups excluding carboxylic acids is 1. The predicted octanol–water partition coefficient (Wildman–Crippen LogP) is 3.04. The van der Waals surface area contributed by atoms with Crippen molar-refractivity contribution < 1.29 is 9.53 Å². The third-order valence-electron chi connectivity index (χ3n) is 3.98. The third kappa shape index (κ3) is 2.47. The molecule has 1 aromatic heterocycles. The van der Waals surface area contributed by atoms with Gasteiger partial charge in [0.1, 0.15) is 6.07 Å². The van der Waals surface area contributed by atoms with Crippen molar-refractivity contribution in [3.05, 3.63) is 41.1 Å². The summed E-state index contributed by atoms with van der Waals surface area (Å²) in [6.07, 6.45) is 2.81. The van der Waals surface area contributed by atoms with E-state index in [1.807, 2.05) is 30.3 Å². The summed E-state index contributed by atoms with van der Waals surface area (Å²) in [5.74, 6) is 0.114. The molecule has 0 fully saturated rings. The van der Waals surface area contributed by atoms with Crippen LogP contribution in [0.5, 0.6) is 0 Å². The number of fused-ring (bicyclic) bond motifs is 2. The minimum atomic E-state index is -0.416. The highest BCUT2D eigenvalue weighted by atomic mass is 16.5. The van der Waals surface area contributed by atoms with Crippen molar-refractivity contribution >= 4 is 16.9 Å². The fraction of sp³-hybridized carbons (Fsp3) is 0.353. The van der Waals surface area contributed by atoms with Gasteiger partial charge in [0.25, 0.3) is 0 Å². The predicted molar refractivity (Wildman–Crippen MR) is 78.8 cm³/mol. The van der Waals surface area contributed by atoms with Crippen LogP contribution in [0, 0.1) is 17.2 Å². The van der Waals surface area contributed by atoms with Crippen LogP contribution in [0.15, 0.2) is 24.3 Å². The van der Waals surface area contributed by atoms with E-state index in [4.69, 9.17) is 15.0 Å². The van der Waals surface area contributed by atoms with Gasteiger partial charge in [-0.25, -0.2) is 4.79 Å². The Hall–Kier alpha value is -2.41. The van der Waals surface area contributed by atoms with Crippen molar-refractivity contribution in [3.8, 4) is 6.07 Å². The van der Waals surface area contributed by atoms with Crippen LogP contribution in [0.2, 0.25) is 0 Å². The molecule has 106 valence electrons. The maximum Gasteiger partial charge on any atom is 0.340 e. The smallest absolute Gasteiger partial charge is 0.340 e. The maximum atomic E-state index is 12.4. The Bertz CT molecular complexity index is 746. The van der Waals surface area contributed by atoms with Crippen LogP contribution in [0.4, 0.5) is 0 Å². The van der Waals surface area contributed by atoms with Gasteiger partial charge in [-0.3, -0.25) is 4.98 Å². The topological polar surface area (TPSA) is 63.0 Å². The summed E-state index contributed by atoms with van der Waals surface area (Å²) in [6, 6.07) is 9.46. The van der Waals surface area contributed by atoms with Crippen LogP contribution in [-0.2, 0) is 17.6 Å². The second-order valence-corrected chi connectivity index (χ2v) is 5.51. The highest BCUT2D eigenvalue weighted by Gasteiger charge is 2.25. The molecule has 0 N–H and O–H groups in total. The molecule has 1 aromatic carbocycles. The highest BCUT2D eigenvalue weighted by molar-refractivity contribution is 6.05. The molecule has 0 saturated carbocycles. The molecule has 1 heterocycles. The van der Waals surface area contributed by atoms with Crippen LogP contribution in [0.1, 0.15) is 35.0 Å². The first kappa shape index (κ1) is 13.6. The molecule has 1 unspecified atom stereocenters. The quantitative estimate of drug-likeness (QED) is 0.793. The number of hydrogen-bond donors (Lipinski definition) is 0. The number of para-hydroxylation sites is 1. The summed E-state index contributed by atoms with van der Waals surface area (Å²) >= 11 is 0. The van der Waals surface area contributed by atoms with Crippen molar-refractivity contribution in [2.24, 2.45) is 5.92 Å². The lowest BCUT2D eigenvalue weighted by Gasteiger charge is -2.23. The van der Waals surface area contributed by atoms with E-state index in [1.165, 1.54) is 0 Å². The Morgan fingerprint density at radius 2 is 2.29 bits per heavy atom. The molecule has 21 heavy (non-hydrogen) atoms. The first-order valence-corrected chi connectivity index (χ1v) is 7.15. The zero-order chi connectivity index (χ0) is 14.8. The Balaban J connectivity index is 2.20. The van der Waals surface area contributed by atoms with Gasteiger partial charge in [0.15, 0.2) is 6.61 Å². The zero-order valence-electron chi connectivity index (χ0n) is 11.9. The van der Waals surface area contributed by atoms with E-state index < -0.39 is 5.97 Å². The Morgan fingerprint density at radius 3 is 3.10 bits per heavy atom. The molecular weight excluding hydrogens is 264 g/mol. The number of aryl methyl sites for hydroxylation is 1. The van der Waals surface area contributed by atoms with E-state index >= 15 is 0 Å². The minimum absolute atomic E-state index is 0.222. The number of hydrogen-bond acceptors (Lipinski definition) is 4. The Labute approximate surface area is 123 Å². The van der Waals surface area contributed by atoms with Crippen LogP contribution >= 0.6 is 0 Å². The molecule has 2 aromatic rings. The van der Waals surface area contributed by atoms with Crippen LogP contribution < -0.4 is 0 Å². The largest absolute Gasteiger partial charge is 0.447 e. The van der Waals surface area contributed by atoms with Gasteiger partial charge < -0.3 is 4.74 Å². The number of nitriles is 1. The lowest BCUT2D eigenvalue weighted by molar-refractivity contribution is 0.0555. The summed E-state index contributed by atoms with van der Waals surface area (Å²) in [5.41, 5.74) is 3.40. The van der Waals surface area contributed by atoms with E-state index in [-0.39, 0.29) is 6.61 Å². The molecule has 0 saturated heterocycles. The lowest BCUT2D eigenvalue weighted by Crippen LogP contribution is -2.19. The number of rotatable bonds is 2. The molecule has 0 radical (unpaired) electrons. The maximum absolute atomic E-state index is 12.4. The molecule has 0 aliphatic heterocycles. The summed E-state index contributed by atoms with van der Waals surface area (Å²) in [6.45, 7) is 1.96. The average Bonchev–Trinajstić information content (AvgIpc) is 2.50. The minimum Gasteiger partial charge on any atom is -0.447 e. The van der Waals surface area contributed by atoms with E-state index in [1.54, 1.807) is 0 Å². The van der Waals surface area contributed by atoms with Gasteiger partial charge >= 0.3 is 5.97 Å². The van der Waals surface area contributed by atoms with Crippen molar-refractivity contribution in [2.75, 3.05) is 6.61 Å². The number of ether oxygens (including phenoxy) is 1. The Morgan fingerprint density at radius 1 is 1.48 bits per heavy atom. The molecule has 4 heteroatoms. The molecule has 0 spiro atoms. The highest BCUT2D eigenvalue weighted by Crippen LogP contribution is 2.31. The molecule has 1 aliphatic rings. The molecule has 4 nitrogen and oxygen atoms in total. The fourth-order valence-corrected chi connectivity index (χ4v) is 2.97. The Kier molecular flexibility index (Phi) is 3.57. The van der Waals surface area contributed by atoms with E-state index in [9.17, 15) is 4.79 Å². The molecule has 1 atom stereocenters. The van der Waals surface area contributed by atoms with Crippen LogP contribution in [0.25, 0.3) is 10.9 Å². The van der Waals surface area contributed by atoms with Crippen LogP contribution in [-0.4, -0.2) is 17.6 Å². The molecule has 0 amide bonds. The lowest BCUT2D eigenvalue weighted by atomic mass is 9.84. The van der Waals surface area contributed by atoms with Gasteiger partial charge in [0, 0.05) is 11.1 Å².